The molecule has 0 fully saturated rings. The minimum absolute atomic E-state index is 0.186. The second-order valence-corrected chi connectivity index (χ2v) is 8.95. The zero-order chi connectivity index (χ0) is 20.5. The average molecular weight is 426 g/mol. The summed E-state index contributed by atoms with van der Waals surface area (Å²) < 4.78 is 1.11. The Labute approximate surface area is 174 Å². The smallest absolute Gasteiger partial charge is 0.334 e. The van der Waals surface area contributed by atoms with Gasteiger partial charge in [0.1, 0.15) is 4.83 Å². The molecule has 0 aliphatic rings. The summed E-state index contributed by atoms with van der Waals surface area (Å²) in [7, 11) is 0. The summed E-state index contributed by atoms with van der Waals surface area (Å²) in [4.78, 5) is 43.3. The van der Waals surface area contributed by atoms with Crippen LogP contribution in [0.4, 0.5) is 0 Å². The average Bonchev–Trinajstić information content (AvgIpc) is 3.30. The molecule has 8 heteroatoms. The SMILES string of the molecule is Cc1sc2[nH]c(=O)n(-c3ccc(C(=O)NCCc4cccs4)cc3)c(=O)c2c1C. The zero-order valence-electron chi connectivity index (χ0n) is 15.9. The van der Waals surface area contributed by atoms with Crippen molar-refractivity contribution in [1.29, 1.82) is 0 Å². The number of carbonyl (C=O) groups excluding carboxylic acids is 1. The Bertz CT molecular complexity index is 1300. The van der Waals surface area contributed by atoms with Crippen LogP contribution in [0.2, 0.25) is 0 Å². The molecule has 1 aromatic carbocycles. The van der Waals surface area contributed by atoms with Crippen molar-refractivity contribution in [1.82, 2.24) is 14.9 Å². The summed E-state index contributed by atoms with van der Waals surface area (Å²) in [6.45, 7) is 4.35. The number of hydrogen-bond donors (Lipinski definition) is 2. The van der Waals surface area contributed by atoms with E-state index in [1.807, 2.05) is 31.4 Å². The van der Waals surface area contributed by atoms with Gasteiger partial charge in [0.05, 0.1) is 11.1 Å². The van der Waals surface area contributed by atoms with Crippen LogP contribution in [0.3, 0.4) is 0 Å². The second-order valence-electron chi connectivity index (χ2n) is 6.69. The first-order valence-electron chi connectivity index (χ1n) is 9.12. The highest BCUT2D eigenvalue weighted by atomic mass is 32.1. The van der Waals surface area contributed by atoms with E-state index in [2.05, 4.69) is 10.3 Å². The highest BCUT2D eigenvalue weighted by Crippen LogP contribution is 2.25. The van der Waals surface area contributed by atoms with Crippen LogP contribution >= 0.6 is 22.7 Å². The van der Waals surface area contributed by atoms with Crippen molar-refractivity contribution < 1.29 is 4.79 Å². The Morgan fingerprint density at radius 1 is 1.14 bits per heavy atom. The number of nitrogens with zero attached hydrogens (tertiary/aromatic N) is 1. The Kier molecular flexibility index (Phi) is 5.21. The van der Waals surface area contributed by atoms with Crippen LogP contribution in [0.25, 0.3) is 15.9 Å². The quantitative estimate of drug-likeness (QED) is 0.514. The largest absolute Gasteiger partial charge is 0.352 e. The van der Waals surface area contributed by atoms with Gasteiger partial charge in [-0.25, -0.2) is 9.36 Å². The highest BCUT2D eigenvalue weighted by molar-refractivity contribution is 7.18. The molecule has 0 saturated carbocycles. The summed E-state index contributed by atoms with van der Waals surface area (Å²) in [6.07, 6.45) is 0.783. The van der Waals surface area contributed by atoms with Crippen molar-refractivity contribution >= 4 is 38.8 Å². The minimum atomic E-state index is -0.489. The number of benzene rings is 1. The van der Waals surface area contributed by atoms with Gasteiger partial charge in [0, 0.05) is 21.9 Å². The number of hydrogen-bond acceptors (Lipinski definition) is 5. The van der Waals surface area contributed by atoms with E-state index in [1.54, 1.807) is 35.6 Å². The summed E-state index contributed by atoms with van der Waals surface area (Å²) in [6, 6.07) is 10.5. The van der Waals surface area contributed by atoms with E-state index in [4.69, 9.17) is 0 Å². The number of fused-ring (bicyclic) bond motifs is 1. The van der Waals surface area contributed by atoms with Gasteiger partial charge < -0.3 is 5.32 Å². The zero-order valence-corrected chi connectivity index (χ0v) is 17.6. The van der Waals surface area contributed by atoms with E-state index in [-0.39, 0.29) is 11.5 Å². The first-order valence-corrected chi connectivity index (χ1v) is 10.8. The minimum Gasteiger partial charge on any atom is -0.352 e. The highest BCUT2D eigenvalue weighted by Gasteiger charge is 2.15. The number of aromatic amines is 1. The standard InChI is InChI=1S/C21H19N3O3S2/c1-12-13(2)29-19-17(12)20(26)24(21(27)23-19)15-7-5-14(6-8-15)18(25)22-10-9-16-4-3-11-28-16/h3-8,11H,9-10H2,1-2H3,(H,22,25)(H,23,27). The third-order valence-electron chi connectivity index (χ3n) is 4.85. The first-order chi connectivity index (χ1) is 14.0. The van der Waals surface area contributed by atoms with E-state index in [9.17, 15) is 14.4 Å². The number of carbonyl (C=O) groups is 1. The lowest BCUT2D eigenvalue weighted by Gasteiger charge is -2.08. The van der Waals surface area contributed by atoms with Crippen molar-refractivity contribution in [2.24, 2.45) is 0 Å². The predicted octanol–water partition coefficient (Wildman–Crippen LogP) is 3.39. The molecule has 4 aromatic rings. The van der Waals surface area contributed by atoms with E-state index in [1.165, 1.54) is 16.2 Å². The molecule has 0 aliphatic carbocycles. The molecule has 0 aliphatic heterocycles. The molecule has 148 valence electrons. The lowest BCUT2D eigenvalue weighted by molar-refractivity contribution is 0.0954. The summed E-state index contributed by atoms with van der Waals surface area (Å²) >= 11 is 3.06. The normalized spacial score (nSPS) is 11.1. The molecule has 6 nitrogen and oxygen atoms in total. The van der Waals surface area contributed by atoms with Gasteiger partial charge in [-0.15, -0.1) is 22.7 Å². The van der Waals surface area contributed by atoms with Gasteiger partial charge in [0.15, 0.2) is 0 Å². The van der Waals surface area contributed by atoms with E-state index in [0.29, 0.717) is 28.0 Å². The van der Waals surface area contributed by atoms with Gasteiger partial charge in [-0.1, -0.05) is 6.07 Å². The molecule has 4 rings (SSSR count). The fourth-order valence-electron chi connectivity index (χ4n) is 3.18. The fraction of sp³-hybridized carbons (Fsp3) is 0.190. The van der Waals surface area contributed by atoms with Crippen LogP contribution in [0, 0.1) is 13.8 Å². The molecule has 0 unspecified atom stereocenters. The first kappa shape index (κ1) is 19.4. The van der Waals surface area contributed by atoms with Crippen LogP contribution in [-0.4, -0.2) is 22.0 Å². The third kappa shape index (κ3) is 3.68. The maximum Gasteiger partial charge on any atom is 0.334 e. The number of thiophene rings is 2. The lowest BCUT2D eigenvalue weighted by atomic mass is 10.2. The molecule has 3 aromatic heterocycles. The van der Waals surface area contributed by atoms with Crippen molar-refractivity contribution in [2.75, 3.05) is 6.54 Å². The summed E-state index contributed by atoms with van der Waals surface area (Å²) in [5.74, 6) is -0.186. The van der Waals surface area contributed by atoms with E-state index >= 15 is 0 Å². The monoisotopic (exact) mass is 425 g/mol. The molecule has 0 bridgehead atoms. The van der Waals surface area contributed by atoms with Crippen molar-refractivity contribution in [3.8, 4) is 5.69 Å². The van der Waals surface area contributed by atoms with Gasteiger partial charge in [0.2, 0.25) is 0 Å². The van der Waals surface area contributed by atoms with Crippen LogP contribution in [0.5, 0.6) is 0 Å². The Morgan fingerprint density at radius 2 is 1.90 bits per heavy atom. The lowest BCUT2D eigenvalue weighted by Crippen LogP contribution is -2.33. The molecule has 29 heavy (non-hydrogen) atoms. The molecule has 3 heterocycles. The third-order valence-corrected chi connectivity index (χ3v) is 6.91. The number of aromatic nitrogens is 2. The predicted molar refractivity (Wildman–Crippen MR) is 118 cm³/mol. The summed E-state index contributed by atoms with van der Waals surface area (Å²) in [5, 5.41) is 5.43. The molecule has 2 N–H and O–H groups in total. The molecular weight excluding hydrogens is 406 g/mol. The maximum atomic E-state index is 12.9. The van der Waals surface area contributed by atoms with Gasteiger partial charge in [-0.2, -0.15) is 0 Å². The number of rotatable bonds is 5. The Morgan fingerprint density at radius 3 is 2.59 bits per heavy atom. The van der Waals surface area contributed by atoms with Crippen LogP contribution in [0.1, 0.15) is 25.7 Å². The number of nitrogens with one attached hydrogen (secondary N) is 2. The van der Waals surface area contributed by atoms with Gasteiger partial charge in [-0.3, -0.25) is 14.6 Å². The molecule has 0 saturated heterocycles. The van der Waals surface area contributed by atoms with Crippen LogP contribution < -0.4 is 16.6 Å². The number of H-pyrrole nitrogens is 1. The Hall–Kier alpha value is -2.97. The number of amides is 1. The van der Waals surface area contributed by atoms with E-state index in [0.717, 1.165) is 21.4 Å². The van der Waals surface area contributed by atoms with Crippen molar-refractivity contribution in [3.05, 3.63) is 83.5 Å². The number of aryl methyl sites for hydroxylation is 2. The van der Waals surface area contributed by atoms with Gasteiger partial charge >= 0.3 is 5.69 Å². The van der Waals surface area contributed by atoms with Crippen molar-refractivity contribution in [3.63, 3.8) is 0 Å². The molecule has 1 amide bonds. The summed E-state index contributed by atoms with van der Waals surface area (Å²) in [5.41, 5.74) is 0.946. The fourth-order valence-corrected chi connectivity index (χ4v) is 4.93. The van der Waals surface area contributed by atoms with E-state index < -0.39 is 5.69 Å². The molecular formula is C21H19N3O3S2. The molecule has 0 radical (unpaired) electrons. The van der Waals surface area contributed by atoms with Gasteiger partial charge in [0.25, 0.3) is 11.5 Å². The van der Waals surface area contributed by atoms with Crippen LogP contribution in [-0.2, 0) is 6.42 Å². The van der Waals surface area contributed by atoms with Crippen LogP contribution in [0.15, 0.2) is 51.4 Å². The van der Waals surface area contributed by atoms with Crippen molar-refractivity contribution in [2.45, 2.75) is 20.3 Å². The molecule has 0 spiro atoms. The maximum absolute atomic E-state index is 12.9. The second kappa shape index (κ2) is 7.81. The molecule has 0 atom stereocenters. The van der Waals surface area contributed by atoms with Gasteiger partial charge in [-0.05, 0) is 61.5 Å². The topological polar surface area (TPSA) is 84.0 Å². The Balaban J connectivity index is 1.58.